The summed E-state index contributed by atoms with van der Waals surface area (Å²) >= 11 is 0. The maximum atomic E-state index is 12.6. The molecule has 2 heterocycles. The zero-order chi connectivity index (χ0) is 17.2. The zero-order valence-corrected chi connectivity index (χ0v) is 13.6. The van der Waals surface area contributed by atoms with Crippen LogP contribution in [0.2, 0.25) is 0 Å². The first-order chi connectivity index (χ1) is 12.2. The Hall–Kier alpha value is -3.34. The molecule has 124 valence electrons. The van der Waals surface area contributed by atoms with Crippen molar-refractivity contribution >= 4 is 16.9 Å². The molecule has 0 aliphatic heterocycles. The third-order valence-corrected chi connectivity index (χ3v) is 4.00. The van der Waals surface area contributed by atoms with Gasteiger partial charge in [0.15, 0.2) is 5.69 Å². The number of benzene rings is 2. The first-order valence-electron chi connectivity index (χ1n) is 7.98. The lowest BCUT2D eigenvalue weighted by atomic mass is 10.0. The number of aryl methyl sites for hydroxylation is 1. The molecule has 5 nitrogen and oxygen atoms in total. The predicted molar refractivity (Wildman–Crippen MR) is 93.2 cm³/mol. The summed E-state index contributed by atoms with van der Waals surface area (Å²) in [5.74, 6) is 0.942. The van der Waals surface area contributed by atoms with Crippen LogP contribution in [-0.4, -0.2) is 11.1 Å². The molecule has 2 aromatic heterocycles. The number of furan rings is 1. The second-order valence-electron chi connectivity index (χ2n) is 5.83. The van der Waals surface area contributed by atoms with Crippen molar-refractivity contribution in [2.24, 2.45) is 0 Å². The molecule has 0 radical (unpaired) electrons. The standard InChI is InChI=1S/C20H16N2O3/c1-13-11-16(22-25-13)20(23)21-19(14-7-3-2-4-8-14)18-12-15-9-5-6-10-17(15)24-18/h2-12,19H,1H3,(H,21,23). The van der Waals surface area contributed by atoms with Crippen molar-refractivity contribution in [3.8, 4) is 0 Å². The highest BCUT2D eigenvalue weighted by molar-refractivity contribution is 5.92. The number of amides is 1. The summed E-state index contributed by atoms with van der Waals surface area (Å²) in [6.07, 6.45) is 0. The highest BCUT2D eigenvalue weighted by Crippen LogP contribution is 2.28. The van der Waals surface area contributed by atoms with Gasteiger partial charge in [0.05, 0.1) is 0 Å². The average Bonchev–Trinajstić information content (AvgIpc) is 3.26. The molecule has 25 heavy (non-hydrogen) atoms. The molecule has 1 amide bonds. The maximum Gasteiger partial charge on any atom is 0.274 e. The van der Waals surface area contributed by atoms with E-state index in [-0.39, 0.29) is 11.6 Å². The van der Waals surface area contributed by atoms with Gasteiger partial charge in [-0.15, -0.1) is 0 Å². The van der Waals surface area contributed by atoms with Crippen molar-refractivity contribution in [2.45, 2.75) is 13.0 Å². The van der Waals surface area contributed by atoms with Crippen molar-refractivity contribution in [1.29, 1.82) is 0 Å². The van der Waals surface area contributed by atoms with E-state index in [4.69, 9.17) is 8.94 Å². The number of aromatic nitrogens is 1. The van der Waals surface area contributed by atoms with Gasteiger partial charge in [-0.25, -0.2) is 0 Å². The minimum absolute atomic E-state index is 0.245. The summed E-state index contributed by atoms with van der Waals surface area (Å²) in [4.78, 5) is 12.6. The van der Waals surface area contributed by atoms with Crippen molar-refractivity contribution in [2.75, 3.05) is 0 Å². The molecule has 0 spiro atoms. The van der Waals surface area contributed by atoms with Crippen molar-refractivity contribution in [3.05, 3.63) is 89.5 Å². The monoisotopic (exact) mass is 332 g/mol. The van der Waals surface area contributed by atoms with Gasteiger partial charge in [0.2, 0.25) is 0 Å². The van der Waals surface area contributed by atoms with Crippen LogP contribution in [0, 0.1) is 6.92 Å². The fourth-order valence-corrected chi connectivity index (χ4v) is 2.79. The Morgan fingerprint density at radius 1 is 1.04 bits per heavy atom. The lowest BCUT2D eigenvalue weighted by Crippen LogP contribution is -2.29. The lowest BCUT2D eigenvalue weighted by Gasteiger charge is -2.16. The van der Waals surface area contributed by atoms with E-state index in [2.05, 4.69) is 10.5 Å². The Balaban J connectivity index is 1.72. The van der Waals surface area contributed by atoms with Crippen molar-refractivity contribution in [3.63, 3.8) is 0 Å². The van der Waals surface area contributed by atoms with E-state index in [0.29, 0.717) is 11.5 Å². The Bertz CT molecular complexity index is 985. The molecular formula is C20H16N2O3. The topological polar surface area (TPSA) is 68.3 Å². The van der Waals surface area contributed by atoms with Gasteiger partial charge in [-0.2, -0.15) is 0 Å². The number of nitrogens with zero attached hydrogens (tertiary/aromatic N) is 1. The van der Waals surface area contributed by atoms with Gasteiger partial charge >= 0.3 is 0 Å². The molecule has 0 fully saturated rings. The normalized spacial score (nSPS) is 12.2. The molecule has 0 bridgehead atoms. The molecule has 2 aromatic carbocycles. The smallest absolute Gasteiger partial charge is 0.274 e. The number of hydrogen-bond donors (Lipinski definition) is 1. The van der Waals surface area contributed by atoms with Crippen LogP contribution in [0.25, 0.3) is 11.0 Å². The molecule has 0 aliphatic carbocycles. The van der Waals surface area contributed by atoms with Crippen LogP contribution in [0.15, 0.2) is 75.7 Å². The molecule has 1 atom stereocenters. The molecule has 1 unspecified atom stereocenters. The van der Waals surface area contributed by atoms with Gasteiger partial charge in [-0.1, -0.05) is 53.7 Å². The van der Waals surface area contributed by atoms with Gasteiger partial charge in [0.25, 0.3) is 5.91 Å². The summed E-state index contributed by atoms with van der Waals surface area (Å²) in [5.41, 5.74) is 1.95. The van der Waals surface area contributed by atoms with Crippen molar-refractivity contribution < 1.29 is 13.7 Å². The summed E-state index contributed by atoms with van der Waals surface area (Å²) < 4.78 is 11.0. The molecule has 1 N–H and O–H groups in total. The quantitative estimate of drug-likeness (QED) is 0.606. The summed E-state index contributed by atoms with van der Waals surface area (Å²) in [7, 11) is 0. The molecule has 4 aromatic rings. The summed E-state index contributed by atoms with van der Waals surface area (Å²) in [6, 6.07) is 20.6. The fourth-order valence-electron chi connectivity index (χ4n) is 2.79. The Kier molecular flexibility index (Phi) is 3.82. The van der Waals surface area contributed by atoms with E-state index < -0.39 is 6.04 Å². The SMILES string of the molecule is Cc1cc(C(=O)NC(c2ccccc2)c2cc3ccccc3o2)no1. The van der Waals surface area contributed by atoms with E-state index in [9.17, 15) is 4.79 Å². The second-order valence-corrected chi connectivity index (χ2v) is 5.83. The minimum Gasteiger partial charge on any atom is -0.459 e. The third-order valence-electron chi connectivity index (χ3n) is 4.00. The largest absolute Gasteiger partial charge is 0.459 e. The molecule has 5 heteroatoms. The van der Waals surface area contributed by atoms with E-state index in [1.54, 1.807) is 13.0 Å². The Morgan fingerprint density at radius 3 is 2.52 bits per heavy atom. The van der Waals surface area contributed by atoms with Crippen LogP contribution in [0.3, 0.4) is 0 Å². The Labute approximate surface area is 144 Å². The van der Waals surface area contributed by atoms with Crippen molar-refractivity contribution in [1.82, 2.24) is 10.5 Å². The molecule has 0 saturated heterocycles. The first-order valence-corrected chi connectivity index (χ1v) is 7.98. The molecule has 0 aliphatic rings. The van der Waals surface area contributed by atoms with Gasteiger partial charge in [-0.05, 0) is 24.6 Å². The predicted octanol–water partition coefficient (Wildman–Crippen LogP) is 4.25. The van der Waals surface area contributed by atoms with Crippen LogP contribution in [-0.2, 0) is 0 Å². The molecule has 4 rings (SSSR count). The molecular weight excluding hydrogens is 316 g/mol. The van der Waals surface area contributed by atoms with Crippen LogP contribution in [0.1, 0.15) is 33.6 Å². The number of rotatable bonds is 4. The summed E-state index contributed by atoms with van der Waals surface area (Å²) in [6.45, 7) is 1.75. The van der Waals surface area contributed by atoms with Gasteiger partial charge in [0, 0.05) is 11.5 Å². The van der Waals surface area contributed by atoms with Crippen LogP contribution < -0.4 is 5.32 Å². The maximum absolute atomic E-state index is 12.6. The van der Waals surface area contributed by atoms with Gasteiger partial charge < -0.3 is 14.3 Å². The van der Waals surface area contributed by atoms with Crippen LogP contribution >= 0.6 is 0 Å². The molecule has 0 saturated carbocycles. The first kappa shape index (κ1) is 15.2. The number of hydrogen-bond acceptors (Lipinski definition) is 4. The lowest BCUT2D eigenvalue weighted by molar-refractivity contribution is 0.0930. The highest BCUT2D eigenvalue weighted by atomic mass is 16.5. The van der Waals surface area contributed by atoms with E-state index in [0.717, 1.165) is 16.5 Å². The van der Waals surface area contributed by atoms with Crippen LogP contribution in [0.5, 0.6) is 0 Å². The minimum atomic E-state index is -0.418. The summed E-state index contributed by atoms with van der Waals surface area (Å²) in [5, 5.41) is 7.76. The number of carbonyl (C=O) groups is 1. The van der Waals surface area contributed by atoms with E-state index >= 15 is 0 Å². The van der Waals surface area contributed by atoms with Gasteiger partial charge in [0.1, 0.15) is 23.1 Å². The number of carbonyl (C=O) groups excluding carboxylic acids is 1. The number of nitrogens with one attached hydrogen (secondary N) is 1. The number of fused-ring (bicyclic) bond motifs is 1. The second kappa shape index (κ2) is 6.28. The van der Waals surface area contributed by atoms with E-state index in [1.165, 1.54) is 0 Å². The highest BCUT2D eigenvalue weighted by Gasteiger charge is 2.23. The number of para-hydroxylation sites is 1. The van der Waals surface area contributed by atoms with E-state index in [1.807, 2.05) is 60.7 Å². The van der Waals surface area contributed by atoms with Gasteiger partial charge in [-0.3, -0.25) is 4.79 Å². The Morgan fingerprint density at radius 2 is 1.80 bits per heavy atom. The fraction of sp³-hybridized carbons (Fsp3) is 0.100. The average molecular weight is 332 g/mol. The zero-order valence-electron chi connectivity index (χ0n) is 13.6. The van der Waals surface area contributed by atoms with Crippen LogP contribution in [0.4, 0.5) is 0 Å². The third kappa shape index (κ3) is 3.04.